The molecule has 1 amide bonds. The zero-order valence-corrected chi connectivity index (χ0v) is 20.0. The van der Waals surface area contributed by atoms with E-state index < -0.39 is 32.7 Å². The number of halogens is 2. The van der Waals surface area contributed by atoms with Gasteiger partial charge < -0.3 is 15.2 Å². The van der Waals surface area contributed by atoms with Crippen LogP contribution in [0.3, 0.4) is 0 Å². The van der Waals surface area contributed by atoms with E-state index >= 15 is 0 Å². The fraction of sp³-hybridized carbons (Fsp3) is 0.333. The predicted octanol–water partition coefficient (Wildman–Crippen LogP) is 4.10. The number of carbonyl (C=O) groups excluding carboxylic acids is 1. The number of nitriles is 1. The first kappa shape index (κ1) is 23.4. The van der Waals surface area contributed by atoms with E-state index in [-0.39, 0.29) is 26.8 Å². The van der Waals surface area contributed by atoms with Crippen molar-refractivity contribution >= 4 is 43.3 Å². The summed E-state index contributed by atoms with van der Waals surface area (Å²) < 4.78 is 32.0. The summed E-state index contributed by atoms with van der Waals surface area (Å²) in [6.45, 7) is 0. The van der Waals surface area contributed by atoms with Crippen molar-refractivity contribution in [3.8, 4) is 17.6 Å². The van der Waals surface area contributed by atoms with Crippen LogP contribution in [-0.4, -0.2) is 33.6 Å². The molecular formula is C21H20BrClN2O5S. The Hall–Kier alpha value is -2.28. The minimum atomic E-state index is -4.01. The Morgan fingerprint density at radius 1 is 1.35 bits per heavy atom. The van der Waals surface area contributed by atoms with Gasteiger partial charge in [-0.25, -0.2) is 8.42 Å². The summed E-state index contributed by atoms with van der Waals surface area (Å²) in [6.07, 6.45) is 2.06. The van der Waals surface area contributed by atoms with Crippen LogP contribution in [0, 0.1) is 11.3 Å². The lowest BCUT2D eigenvalue weighted by Gasteiger charge is -2.36. The van der Waals surface area contributed by atoms with Gasteiger partial charge in [-0.05, 0) is 59.0 Å². The number of nitrogens with one attached hydrogen (secondary N) is 1. The Balaban J connectivity index is 2.16. The molecule has 1 aliphatic carbocycles. The number of hydrogen-bond donors (Lipinski definition) is 2. The number of sulfone groups is 1. The molecule has 10 heteroatoms. The van der Waals surface area contributed by atoms with Gasteiger partial charge in [0, 0.05) is 23.2 Å². The first-order chi connectivity index (χ1) is 14.6. The van der Waals surface area contributed by atoms with E-state index in [2.05, 4.69) is 27.3 Å². The van der Waals surface area contributed by atoms with Gasteiger partial charge in [-0.15, -0.1) is 0 Å². The van der Waals surface area contributed by atoms with Crippen molar-refractivity contribution < 1.29 is 23.1 Å². The predicted molar refractivity (Wildman–Crippen MR) is 119 cm³/mol. The van der Waals surface area contributed by atoms with Crippen LogP contribution in [0.15, 0.2) is 33.6 Å². The van der Waals surface area contributed by atoms with Crippen molar-refractivity contribution in [3.63, 3.8) is 0 Å². The van der Waals surface area contributed by atoms with E-state index in [0.29, 0.717) is 22.9 Å². The Labute approximate surface area is 194 Å². The number of hydrogen-bond acceptors (Lipinski definition) is 6. The van der Waals surface area contributed by atoms with Crippen LogP contribution in [0.25, 0.3) is 0 Å². The number of aromatic hydroxyl groups is 1. The molecule has 7 nitrogen and oxygen atoms in total. The maximum Gasteiger partial charge on any atom is 0.254 e. The number of ether oxygens (including phenoxy) is 1. The molecule has 2 aromatic carbocycles. The molecule has 1 saturated carbocycles. The van der Waals surface area contributed by atoms with Crippen LogP contribution in [0.5, 0.6) is 11.5 Å². The average Bonchev–Trinajstić information content (AvgIpc) is 2.70. The second kappa shape index (κ2) is 8.69. The molecule has 1 aliphatic rings. The molecule has 0 unspecified atom stereocenters. The summed E-state index contributed by atoms with van der Waals surface area (Å²) in [6, 6.07) is 7.96. The summed E-state index contributed by atoms with van der Waals surface area (Å²) in [5, 5.41) is 23.1. The maximum atomic E-state index is 13.2. The number of nitrogens with zero attached hydrogens (tertiary/aromatic N) is 1. The molecule has 0 atom stereocenters. The monoisotopic (exact) mass is 526 g/mol. The molecule has 0 aliphatic heterocycles. The first-order valence-corrected chi connectivity index (χ1v) is 12.2. The van der Waals surface area contributed by atoms with Gasteiger partial charge in [0.2, 0.25) is 0 Å². The minimum Gasteiger partial charge on any atom is -0.507 e. The molecule has 164 valence electrons. The quantitative estimate of drug-likeness (QED) is 0.584. The van der Waals surface area contributed by atoms with Crippen LogP contribution < -0.4 is 10.1 Å². The van der Waals surface area contributed by atoms with Crippen molar-refractivity contribution in [2.45, 2.75) is 35.3 Å². The fourth-order valence-electron chi connectivity index (χ4n) is 3.58. The van der Waals surface area contributed by atoms with Gasteiger partial charge in [-0.2, -0.15) is 5.26 Å². The number of amides is 1. The molecule has 2 N–H and O–H groups in total. The van der Waals surface area contributed by atoms with E-state index in [4.69, 9.17) is 16.3 Å². The third-order valence-corrected chi connectivity index (χ3v) is 8.40. The standard InChI is InChI=1S/C21H20BrClN2O5S/c1-25-20(27)14-7-13(21(11-24)4-3-5-21)6-12(19(14)26)10-31(28,29)18-8-15(22)16(23)9-17(18)30-2/h6-9,26H,3-5,10H2,1-2H3,(H,25,27). The minimum absolute atomic E-state index is 0.0331. The molecule has 2 aromatic rings. The summed E-state index contributed by atoms with van der Waals surface area (Å²) in [5.74, 6) is -1.55. The van der Waals surface area contributed by atoms with Crippen LogP contribution >= 0.6 is 27.5 Å². The normalized spacial score (nSPS) is 14.9. The van der Waals surface area contributed by atoms with Crippen molar-refractivity contribution in [1.82, 2.24) is 5.32 Å². The van der Waals surface area contributed by atoms with Gasteiger partial charge in [0.25, 0.3) is 5.91 Å². The van der Waals surface area contributed by atoms with Crippen LogP contribution in [0.4, 0.5) is 0 Å². The van der Waals surface area contributed by atoms with Crippen molar-refractivity contribution in [2.24, 2.45) is 0 Å². The number of benzene rings is 2. The zero-order chi connectivity index (χ0) is 23.0. The lowest BCUT2D eigenvalue weighted by Crippen LogP contribution is -2.33. The van der Waals surface area contributed by atoms with Crippen LogP contribution in [-0.2, 0) is 21.0 Å². The van der Waals surface area contributed by atoms with E-state index in [1.165, 1.54) is 38.4 Å². The van der Waals surface area contributed by atoms with Crippen molar-refractivity contribution in [1.29, 1.82) is 5.26 Å². The van der Waals surface area contributed by atoms with Gasteiger partial charge >= 0.3 is 0 Å². The molecule has 31 heavy (non-hydrogen) atoms. The number of carbonyl (C=O) groups is 1. The number of phenols is 1. The summed E-state index contributed by atoms with van der Waals surface area (Å²) in [4.78, 5) is 12.2. The largest absolute Gasteiger partial charge is 0.507 e. The number of rotatable bonds is 6. The van der Waals surface area contributed by atoms with Crippen LogP contribution in [0.2, 0.25) is 5.02 Å². The highest BCUT2D eigenvalue weighted by Crippen LogP contribution is 2.45. The molecule has 0 bridgehead atoms. The van der Waals surface area contributed by atoms with Gasteiger partial charge in [-0.1, -0.05) is 11.6 Å². The van der Waals surface area contributed by atoms with Gasteiger partial charge in [-0.3, -0.25) is 4.79 Å². The lowest BCUT2D eigenvalue weighted by atomic mass is 9.65. The highest BCUT2D eigenvalue weighted by Gasteiger charge is 2.40. The topological polar surface area (TPSA) is 116 Å². The van der Waals surface area contributed by atoms with Gasteiger partial charge in [0.1, 0.15) is 16.4 Å². The van der Waals surface area contributed by atoms with E-state index in [0.717, 1.165) is 6.42 Å². The average molecular weight is 528 g/mol. The summed E-state index contributed by atoms with van der Waals surface area (Å²) in [7, 11) is -1.28. The maximum absolute atomic E-state index is 13.2. The molecule has 0 radical (unpaired) electrons. The Morgan fingerprint density at radius 2 is 2.03 bits per heavy atom. The Kier molecular flexibility index (Phi) is 6.56. The van der Waals surface area contributed by atoms with E-state index in [9.17, 15) is 23.6 Å². The van der Waals surface area contributed by atoms with Crippen molar-refractivity contribution in [3.05, 3.63) is 50.5 Å². The van der Waals surface area contributed by atoms with Crippen molar-refractivity contribution in [2.75, 3.05) is 14.2 Å². The van der Waals surface area contributed by atoms with E-state index in [1.807, 2.05) is 0 Å². The Morgan fingerprint density at radius 3 is 2.55 bits per heavy atom. The molecule has 1 fully saturated rings. The zero-order valence-electron chi connectivity index (χ0n) is 16.8. The molecular weight excluding hydrogens is 508 g/mol. The molecule has 0 spiro atoms. The smallest absolute Gasteiger partial charge is 0.254 e. The molecule has 0 aromatic heterocycles. The number of phenolic OH excluding ortho intramolecular Hbond substituents is 1. The molecule has 0 saturated heterocycles. The van der Waals surface area contributed by atoms with Crippen LogP contribution in [0.1, 0.15) is 40.7 Å². The van der Waals surface area contributed by atoms with Gasteiger partial charge in [0.05, 0.1) is 34.9 Å². The molecule has 0 heterocycles. The third-order valence-electron chi connectivity index (χ3n) is 5.52. The lowest BCUT2D eigenvalue weighted by molar-refractivity contribution is 0.0960. The highest BCUT2D eigenvalue weighted by molar-refractivity contribution is 9.10. The fourth-order valence-corrected chi connectivity index (χ4v) is 5.76. The SMILES string of the molecule is CNC(=O)c1cc(C2(C#N)CCC2)cc(CS(=O)(=O)c2cc(Br)c(Cl)cc2OC)c1O. The molecule has 3 rings (SSSR count). The number of methoxy groups -OCH3 is 1. The van der Waals surface area contributed by atoms with E-state index in [1.54, 1.807) is 0 Å². The second-order valence-corrected chi connectivity index (χ2v) is 10.6. The summed E-state index contributed by atoms with van der Waals surface area (Å²) >= 11 is 9.26. The Bertz CT molecular complexity index is 1200. The first-order valence-electron chi connectivity index (χ1n) is 9.34. The van der Waals surface area contributed by atoms with Gasteiger partial charge in [0.15, 0.2) is 9.84 Å². The highest BCUT2D eigenvalue weighted by atomic mass is 79.9. The summed E-state index contributed by atoms with van der Waals surface area (Å²) in [5.41, 5.74) is -0.315. The second-order valence-electron chi connectivity index (χ2n) is 7.33. The third kappa shape index (κ3) is 4.25.